The highest BCUT2D eigenvalue weighted by Gasteiger charge is 2.24. The van der Waals surface area contributed by atoms with Crippen LogP contribution in [0.4, 0.5) is 4.39 Å². The molecule has 2 heterocycles. The smallest absolute Gasteiger partial charge is 0.328 e. The number of alkyl halides is 1. The number of likely N-dealkylation sites (tertiary alicyclic amines) is 1. The highest BCUT2D eigenvalue weighted by atomic mass is 19.1. The van der Waals surface area contributed by atoms with Crippen molar-refractivity contribution in [3.63, 3.8) is 0 Å². The van der Waals surface area contributed by atoms with Gasteiger partial charge in [-0.25, -0.2) is 13.9 Å². The molecule has 7 heteroatoms. The lowest BCUT2D eigenvalue weighted by molar-refractivity contribution is -0.141. The third-order valence-corrected chi connectivity index (χ3v) is 4.21. The Balaban J connectivity index is 2.18. The number of carbonyl (C=O) groups is 1. The van der Waals surface area contributed by atoms with Crippen molar-refractivity contribution < 1.29 is 14.3 Å². The molecule has 2 rings (SSSR count). The number of hydrogen-bond donors (Lipinski definition) is 1. The number of aryl methyl sites for hydroxylation is 1. The Bertz CT molecular complexity index is 617. The van der Waals surface area contributed by atoms with Crippen LogP contribution in [0.3, 0.4) is 0 Å². The van der Waals surface area contributed by atoms with E-state index in [0.29, 0.717) is 50.0 Å². The second kappa shape index (κ2) is 7.68. The predicted molar refractivity (Wildman–Crippen MR) is 84.5 cm³/mol. The molecule has 0 spiro atoms. The molecule has 1 aromatic heterocycles. The molecule has 1 aliphatic rings. The number of carboxylic acids is 1. The third-order valence-electron chi connectivity index (χ3n) is 4.21. The minimum absolute atomic E-state index is 0.361. The topological polar surface area (TPSA) is 75.4 Å². The fourth-order valence-electron chi connectivity index (χ4n) is 2.92. The lowest BCUT2D eigenvalue weighted by Gasteiger charge is -2.17. The summed E-state index contributed by atoms with van der Waals surface area (Å²) >= 11 is 0. The Morgan fingerprint density at radius 2 is 2.30 bits per heavy atom. The predicted octanol–water partition coefficient (Wildman–Crippen LogP) is 1.56. The minimum Gasteiger partial charge on any atom is -0.480 e. The maximum atomic E-state index is 13.2. The lowest BCUT2D eigenvalue weighted by atomic mass is 10.1. The van der Waals surface area contributed by atoms with Gasteiger partial charge in [0.1, 0.15) is 6.17 Å². The molecule has 1 saturated heterocycles. The number of halogens is 1. The number of hydrogen-bond acceptors (Lipinski definition) is 4. The van der Waals surface area contributed by atoms with E-state index < -0.39 is 18.2 Å². The molecule has 1 N–H and O–H groups in total. The number of rotatable bonds is 7. The highest BCUT2D eigenvalue weighted by molar-refractivity contribution is 5.71. The Hall–Kier alpha value is -1.76. The van der Waals surface area contributed by atoms with Crippen LogP contribution in [0.2, 0.25) is 0 Å². The van der Waals surface area contributed by atoms with Gasteiger partial charge in [-0.2, -0.15) is 5.10 Å². The Kier molecular flexibility index (Phi) is 5.87. The summed E-state index contributed by atoms with van der Waals surface area (Å²) in [6.07, 6.45) is 1.39. The third kappa shape index (κ3) is 4.37. The maximum absolute atomic E-state index is 13.2. The lowest BCUT2D eigenvalue weighted by Crippen LogP contribution is -2.34. The average molecular weight is 325 g/mol. The van der Waals surface area contributed by atoms with Crippen LogP contribution in [0.1, 0.15) is 43.5 Å². The second-order valence-corrected chi connectivity index (χ2v) is 6.15. The molecule has 2 unspecified atom stereocenters. The largest absolute Gasteiger partial charge is 0.480 e. The van der Waals surface area contributed by atoms with E-state index in [-0.39, 0.29) is 5.56 Å². The van der Waals surface area contributed by atoms with E-state index in [1.165, 1.54) is 0 Å². The van der Waals surface area contributed by atoms with Crippen molar-refractivity contribution >= 4 is 5.97 Å². The van der Waals surface area contributed by atoms with Crippen molar-refractivity contribution in [2.24, 2.45) is 0 Å². The molecule has 1 fully saturated rings. The zero-order valence-corrected chi connectivity index (χ0v) is 13.7. The van der Waals surface area contributed by atoms with Gasteiger partial charge in [0, 0.05) is 31.6 Å². The summed E-state index contributed by atoms with van der Waals surface area (Å²) in [6, 6.07) is 0.764. The van der Waals surface area contributed by atoms with E-state index in [9.17, 15) is 19.1 Å². The van der Waals surface area contributed by atoms with Gasteiger partial charge in [-0.1, -0.05) is 13.3 Å². The van der Waals surface area contributed by atoms with Gasteiger partial charge in [0.15, 0.2) is 6.04 Å². The minimum atomic E-state index is -1.04. The van der Waals surface area contributed by atoms with Crippen LogP contribution in [-0.2, 0) is 11.2 Å². The van der Waals surface area contributed by atoms with E-state index in [0.717, 1.165) is 11.2 Å². The molecule has 0 saturated carbocycles. The standard InChI is InChI=1S/C16H24FN3O3/c1-3-4-14(16(22)23)20-15(21)11(2)9-13(18-20)6-8-19-7-5-12(17)10-19/h9,12,14H,3-8,10H2,1-2H3,(H,22,23). The first-order chi connectivity index (χ1) is 10.9. The van der Waals surface area contributed by atoms with Crippen molar-refractivity contribution in [1.29, 1.82) is 0 Å². The zero-order valence-electron chi connectivity index (χ0n) is 13.7. The zero-order chi connectivity index (χ0) is 17.0. The van der Waals surface area contributed by atoms with Crippen LogP contribution in [0.15, 0.2) is 10.9 Å². The highest BCUT2D eigenvalue weighted by Crippen LogP contribution is 2.14. The fraction of sp³-hybridized carbons (Fsp3) is 0.688. The van der Waals surface area contributed by atoms with Crippen molar-refractivity contribution in [3.05, 3.63) is 27.7 Å². The molecular weight excluding hydrogens is 301 g/mol. The van der Waals surface area contributed by atoms with Crippen LogP contribution in [0.5, 0.6) is 0 Å². The second-order valence-electron chi connectivity index (χ2n) is 6.15. The number of carboxylic acid groups (broad SMARTS) is 1. The van der Waals surface area contributed by atoms with Gasteiger partial charge < -0.3 is 5.11 Å². The Morgan fingerprint density at radius 3 is 2.87 bits per heavy atom. The average Bonchev–Trinajstić information content (AvgIpc) is 2.91. The molecule has 0 aliphatic carbocycles. The fourth-order valence-corrected chi connectivity index (χ4v) is 2.92. The van der Waals surface area contributed by atoms with Gasteiger partial charge in [-0.3, -0.25) is 9.69 Å². The molecule has 0 radical (unpaired) electrons. The first-order valence-electron chi connectivity index (χ1n) is 8.11. The van der Waals surface area contributed by atoms with Crippen LogP contribution in [0.25, 0.3) is 0 Å². The molecule has 2 atom stereocenters. The Labute approximate surface area is 134 Å². The monoisotopic (exact) mass is 325 g/mol. The summed E-state index contributed by atoms with van der Waals surface area (Å²) in [4.78, 5) is 25.7. The van der Waals surface area contributed by atoms with Gasteiger partial charge >= 0.3 is 5.97 Å². The molecule has 0 aromatic carbocycles. The SMILES string of the molecule is CCCC(C(=O)O)n1nc(CCN2CCC(F)C2)cc(C)c1=O. The van der Waals surface area contributed by atoms with Crippen molar-refractivity contribution in [3.8, 4) is 0 Å². The molecule has 0 amide bonds. The van der Waals surface area contributed by atoms with Gasteiger partial charge in [-0.15, -0.1) is 0 Å². The summed E-state index contributed by atoms with van der Waals surface area (Å²) in [7, 11) is 0. The molecule has 1 aliphatic heterocycles. The van der Waals surface area contributed by atoms with E-state index in [4.69, 9.17) is 0 Å². The van der Waals surface area contributed by atoms with Crippen LogP contribution in [0, 0.1) is 6.92 Å². The van der Waals surface area contributed by atoms with Gasteiger partial charge in [0.05, 0.1) is 5.69 Å². The van der Waals surface area contributed by atoms with Crippen LogP contribution < -0.4 is 5.56 Å². The molecule has 6 nitrogen and oxygen atoms in total. The quantitative estimate of drug-likeness (QED) is 0.823. The van der Waals surface area contributed by atoms with Gasteiger partial charge in [0.2, 0.25) is 0 Å². The first kappa shape index (κ1) is 17.6. The van der Waals surface area contributed by atoms with E-state index in [2.05, 4.69) is 5.10 Å². The molecule has 1 aromatic rings. The normalized spacial score (nSPS) is 19.9. The van der Waals surface area contributed by atoms with Gasteiger partial charge in [-0.05, 0) is 25.8 Å². The Morgan fingerprint density at radius 1 is 1.57 bits per heavy atom. The summed E-state index contributed by atoms with van der Waals surface area (Å²) in [6.45, 7) is 5.37. The maximum Gasteiger partial charge on any atom is 0.328 e. The van der Waals surface area contributed by atoms with Crippen LogP contribution in [-0.4, -0.2) is 51.6 Å². The summed E-state index contributed by atoms with van der Waals surface area (Å²) < 4.78 is 14.3. The van der Waals surface area contributed by atoms with E-state index in [1.54, 1.807) is 13.0 Å². The summed E-state index contributed by atoms with van der Waals surface area (Å²) in [5, 5.41) is 13.6. The van der Waals surface area contributed by atoms with Crippen molar-refractivity contribution in [2.75, 3.05) is 19.6 Å². The number of aliphatic carboxylic acids is 1. The first-order valence-corrected chi connectivity index (χ1v) is 8.11. The molecule has 0 bridgehead atoms. The summed E-state index contributed by atoms with van der Waals surface area (Å²) in [5.74, 6) is -1.04. The van der Waals surface area contributed by atoms with Gasteiger partial charge in [0.25, 0.3) is 5.56 Å². The van der Waals surface area contributed by atoms with E-state index in [1.807, 2.05) is 11.8 Å². The molecule has 23 heavy (non-hydrogen) atoms. The van der Waals surface area contributed by atoms with Crippen molar-refractivity contribution in [2.45, 2.75) is 51.7 Å². The number of nitrogens with zero attached hydrogens (tertiary/aromatic N) is 3. The number of aromatic nitrogens is 2. The van der Waals surface area contributed by atoms with Crippen molar-refractivity contribution in [1.82, 2.24) is 14.7 Å². The summed E-state index contributed by atoms with van der Waals surface area (Å²) in [5.41, 5.74) is 0.800. The van der Waals surface area contributed by atoms with E-state index >= 15 is 0 Å². The molecular formula is C16H24FN3O3. The van der Waals surface area contributed by atoms with Crippen LogP contribution >= 0.6 is 0 Å². The molecule has 128 valence electrons.